The first-order valence-corrected chi connectivity index (χ1v) is 8.63. The number of hydrogen-bond acceptors (Lipinski definition) is 4. The van der Waals surface area contributed by atoms with Crippen LogP contribution in [0.2, 0.25) is 5.02 Å². The standard InChI is InChI=1S/C18H19ClN4O/c1-11(18(24)23-7-6-12-2-3-13(12)9-23)22-17-15-5-4-14(19)8-16(15)20-10-21-17/h2-5,8,10-13H,6-7,9H2,1H3,(H,20,21,22)/t11-,12+,13-/m1/s1. The highest BCUT2D eigenvalue weighted by Gasteiger charge is 2.34. The first-order valence-electron chi connectivity index (χ1n) is 8.26. The van der Waals surface area contributed by atoms with Crippen LogP contribution in [0.5, 0.6) is 0 Å². The van der Waals surface area contributed by atoms with Crippen LogP contribution < -0.4 is 5.32 Å². The van der Waals surface area contributed by atoms with Gasteiger partial charge in [0.05, 0.1) is 5.52 Å². The number of nitrogens with zero attached hydrogens (tertiary/aromatic N) is 3. The van der Waals surface area contributed by atoms with Crippen LogP contribution in [-0.4, -0.2) is 39.9 Å². The molecule has 4 rings (SSSR count). The molecule has 0 spiro atoms. The molecule has 124 valence electrons. The van der Waals surface area contributed by atoms with Gasteiger partial charge in [-0.1, -0.05) is 23.8 Å². The number of piperidine rings is 1. The Kier molecular flexibility index (Phi) is 3.88. The van der Waals surface area contributed by atoms with Crippen molar-refractivity contribution in [1.29, 1.82) is 0 Å². The maximum atomic E-state index is 12.7. The van der Waals surface area contributed by atoms with Crippen molar-refractivity contribution in [3.8, 4) is 0 Å². The van der Waals surface area contributed by atoms with E-state index in [2.05, 4.69) is 27.4 Å². The number of hydrogen-bond donors (Lipinski definition) is 1. The zero-order chi connectivity index (χ0) is 16.7. The summed E-state index contributed by atoms with van der Waals surface area (Å²) in [6.45, 7) is 3.54. The monoisotopic (exact) mass is 342 g/mol. The predicted octanol–water partition coefficient (Wildman–Crippen LogP) is 3.12. The van der Waals surface area contributed by atoms with Crippen molar-refractivity contribution < 1.29 is 4.79 Å². The van der Waals surface area contributed by atoms with E-state index in [0.29, 0.717) is 22.7 Å². The lowest BCUT2D eigenvalue weighted by Gasteiger charge is -2.41. The van der Waals surface area contributed by atoms with E-state index in [9.17, 15) is 4.79 Å². The van der Waals surface area contributed by atoms with E-state index in [-0.39, 0.29) is 11.9 Å². The van der Waals surface area contributed by atoms with Crippen LogP contribution in [0.4, 0.5) is 5.82 Å². The highest BCUT2D eigenvalue weighted by atomic mass is 35.5. The van der Waals surface area contributed by atoms with Gasteiger partial charge in [0.25, 0.3) is 0 Å². The van der Waals surface area contributed by atoms with Gasteiger partial charge in [0.1, 0.15) is 18.2 Å². The molecule has 24 heavy (non-hydrogen) atoms. The molecule has 3 atom stereocenters. The van der Waals surface area contributed by atoms with Gasteiger partial charge in [-0.15, -0.1) is 0 Å². The first kappa shape index (κ1) is 15.4. The van der Waals surface area contributed by atoms with Crippen LogP contribution in [0.1, 0.15) is 13.3 Å². The van der Waals surface area contributed by atoms with E-state index in [1.54, 1.807) is 12.1 Å². The van der Waals surface area contributed by atoms with Crippen LogP contribution in [-0.2, 0) is 4.79 Å². The molecule has 1 aliphatic heterocycles. The predicted molar refractivity (Wildman–Crippen MR) is 94.9 cm³/mol. The molecule has 1 aliphatic carbocycles. The van der Waals surface area contributed by atoms with Crippen LogP contribution >= 0.6 is 11.6 Å². The average Bonchev–Trinajstić information content (AvgIpc) is 2.55. The summed E-state index contributed by atoms with van der Waals surface area (Å²) < 4.78 is 0. The Hall–Kier alpha value is -2.14. The minimum Gasteiger partial charge on any atom is -0.358 e. The number of anilines is 1. The average molecular weight is 343 g/mol. The van der Waals surface area contributed by atoms with Crippen molar-refractivity contribution >= 4 is 34.2 Å². The molecule has 1 fully saturated rings. The van der Waals surface area contributed by atoms with Crippen molar-refractivity contribution in [2.24, 2.45) is 11.8 Å². The van der Waals surface area contributed by atoms with Gasteiger partial charge in [0.15, 0.2) is 0 Å². The number of amides is 1. The maximum Gasteiger partial charge on any atom is 0.244 e. The molecule has 2 aliphatic rings. The van der Waals surface area contributed by atoms with Crippen molar-refractivity contribution in [1.82, 2.24) is 14.9 Å². The van der Waals surface area contributed by atoms with Crippen molar-refractivity contribution in [2.75, 3.05) is 18.4 Å². The third-order valence-electron chi connectivity index (χ3n) is 4.95. The topological polar surface area (TPSA) is 58.1 Å². The fraction of sp³-hybridized carbons (Fsp3) is 0.389. The quantitative estimate of drug-likeness (QED) is 0.871. The van der Waals surface area contributed by atoms with Crippen LogP contribution in [0.15, 0.2) is 36.7 Å². The lowest BCUT2D eigenvalue weighted by atomic mass is 9.77. The molecule has 1 N–H and O–H groups in total. The number of allylic oxidation sites excluding steroid dienone is 1. The number of likely N-dealkylation sites (tertiary alicyclic amines) is 1. The molecule has 2 aromatic rings. The van der Waals surface area contributed by atoms with Gasteiger partial charge in [-0.05, 0) is 37.5 Å². The fourth-order valence-corrected chi connectivity index (χ4v) is 3.64. The summed E-state index contributed by atoms with van der Waals surface area (Å²) in [5, 5.41) is 4.74. The lowest BCUT2D eigenvalue weighted by Crippen LogP contribution is -2.49. The number of fused-ring (bicyclic) bond motifs is 2. The van der Waals surface area contributed by atoms with E-state index >= 15 is 0 Å². The molecule has 1 aromatic carbocycles. The number of benzene rings is 1. The Bertz CT molecular complexity index is 822. The Morgan fingerprint density at radius 1 is 1.33 bits per heavy atom. The molecular weight excluding hydrogens is 324 g/mol. The number of nitrogens with one attached hydrogen (secondary N) is 1. The summed E-state index contributed by atoms with van der Waals surface area (Å²) in [4.78, 5) is 23.2. The molecule has 6 heteroatoms. The van der Waals surface area contributed by atoms with Gasteiger partial charge in [0, 0.05) is 29.4 Å². The second-order valence-corrected chi connectivity index (χ2v) is 6.97. The molecule has 5 nitrogen and oxygen atoms in total. The second kappa shape index (κ2) is 6.06. The highest BCUT2D eigenvalue weighted by molar-refractivity contribution is 6.31. The summed E-state index contributed by atoms with van der Waals surface area (Å²) in [5.41, 5.74) is 0.764. The Labute approximate surface area is 145 Å². The fourth-order valence-electron chi connectivity index (χ4n) is 3.47. The van der Waals surface area contributed by atoms with E-state index in [0.717, 1.165) is 30.4 Å². The highest BCUT2D eigenvalue weighted by Crippen LogP contribution is 2.33. The lowest BCUT2D eigenvalue weighted by molar-refractivity contribution is -0.133. The molecular formula is C18H19ClN4O. The number of rotatable bonds is 3. The molecule has 1 aromatic heterocycles. The summed E-state index contributed by atoms with van der Waals surface area (Å²) in [5.74, 6) is 2.00. The Morgan fingerprint density at radius 3 is 2.92 bits per heavy atom. The smallest absolute Gasteiger partial charge is 0.244 e. The summed E-state index contributed by atoms with van der Waals surface area (Å²) in [7, 11) is 0. The zero-order valence-electron chi connectivity index (χ0n) is 13.4. The largest absolute Gasteiger partial charge is 0.358 e. The van der Waals surface area contributed by atoms with E-state index < -0.39 is 0 Å². The SMILES string of the molecule is C[C@@H](Nc1ncnc2cc(Cl)ccc12)C(=O)N1CC[C@@H]2C=C[C@@H]2C1. The number of carbonyl (C=O) groups is 1. The second-order valence-electron chi connectivity index (χ2n) is 6.54. The molecule has 0 bridgehead atoms. The minimum absolute atomic E-state index is 0.120. The maximum absolute atomic E-state index is 12.7. The number of carbonyl (C=O) groups excluding carboxylic acids is 1. The summed E-state index contributed by atoms with van der Waals surface area (Å²) in [6.07, 6.45) is 7.02. The normalized spacial score (nSPS) is 23.5. The van der Waals surface area contributed by atoms with Crippen molar-refractivity contribution in [2.45, 2.75) is 19.4 Å². The van der Waals surface area contributed by atoms with Gasteiger partial charge in [-0.2, -0.15) is 0 Å². The Balaban J connectivity index is 1.50. The van der Waals surface area contributed by atoms with Gasteiger partial charge < -0.3 is 10.2 Å². The molecule has 1 saturated heterocycles. The molecule has 2 heterocycles. The van der Waals surface area contributed by atoms with Crippen molar-refractivity contribution in [3.63, 3.8) is 0 Å². The van der Waals surface area contributed by atoms with Crippen LogP contribution in [0.3, 0.4) is 0 Å². The van der Waals surface area contributed by atoms with E-state index in [4.69, 9.17) is 11.6 Å². The van der Waals surface area contributed by atoms with Crippen LogP contribution in [0, 0.1) is 11.8 Å². The third kappa shape index (κ3) is 2.73. The van der Waals surface area contributed by atoms with Gasteiger partial charge >= 0.3 is 0 Å². The molecule has 0 saturated carbocycles. The molecule has 0 radical (unpaired) electrons. The van der Waals surface area contributed by atoms with E-state index in [1.807, 2.05) is 17.9 Å². The first-order chi connectivity index (χ1) is 11.6. The number of halogens is 1. The van der Waals surface area contributed by atoms with Crippen molar-refractivity contribution in [3.05, 3.63) is 41.7 Å². The number of aromatic nitrogens is 2. The molecule has 0 unspecified atom stereocenters. The minimum atomic E-state index is -0.334. The Morgan fingerprint density at radius 2 is 2.17 bits per heavy atom. The van der Waals surface area contributed by atoms with Gasteiger partial charge in [-0.3, -0.25) is 4.79 Å². The zero-order valence-corrected chi connectivity index (χ0v) is 14.2. The molecule has 1 amide bonds. The van der Waals surface area contributed by atoms with Gasteiger partial charge in [-0.25, -0.2) is 9.97 Å². The van der Waals surface area contributed by atoms with E-state index in [1.165, 1.54) is 6.33 Å². The van der Waals surface area contributed by atoms with Gasteiger partial charge in [0.2, 0.25) is 5.91 Å². The summed E-state index contributed by atoms with van der Waals surface area (Å²) in [6, 6.07) is 5.14. The summed E-state index contributed by atoms with van der Waals surface area (Å²) >= 11 is 6.01. The third-order valence-corrected chi connectivity index (χ3v) is 5.19. The van der Waals surface area contributed by atoms with Crippen LogP contribution in [0.25, 0.3) is 10.9 Å².